The highest BCUT2D eigenvalue weighted by molar-refractivity contribution is 7.26. The Morgan fingerprint density at radius 3 is 0.961 bits per heavy atom. The molecule has 0 radical (unpaired) electrons. The Kier molecular flexibility index (Phi) is 17.8. The maximum absolute atomic E-state index is 2.55. The molecule has 2 aliphatic rings. The van der Waals surface area contributed by atoms with Gasteiger partial charge in [0.25, 0.3) is 0 Å². The van der Waals surface area contributed by atoms with Crippen molar-refractivity contribution < 1.29 is 0 Å². The molecule has 0 N–H and O–H groups in total. The Labute approximate surface area is 752 Å². The van der Waals surface area contributed by atoms with Gasteiger partial charge in [-0.25, -0.2) is 0 Å². The zero-order chi connectivity index (χ0) is 84.4. The molecule has 2 nitrogen and oxygen atoms in total. The average Bonchev–Trinajstić information content (AvgIpc) is 1.53. The maximum Gasteiger partial charge on any atom is 0.0714 e. The van der Waals surface area contributed by atoms with E-state index >= 15 is 0 Å². The summed E-state index contributed by atoms with van der Waals surface area (Å²) >= 11 is 3.74. The third-order valence-corrected chi connectivity index (χ3v) is 29.5. The van der Waals surface area contributed by atoms with Gasteiger partial charge in [-0.2, -0.15) is 0 Å². The topological polar surface area (TPSA) is 6.48 Å². The van der Waals surface area contributed by atoms with Gasteiger partial charge in [0, 0.05) is 74.0 Å². The molecule has 0 fully saturated rings. The number of rotatable bonds is 16. The second kappa shape index (κ2) is 30.6. The number of para-hydroxylation sites is 2. The van der Waals surface area contributed by atoms with E-state index in [9.17, 15) is 0 Å². The zero-order valence-electron chi connectivity index (χ0n) is 69.9. The van der Waals surface area contributed by atoms with Crippen molar-refractivity contribution >= 4 is 119 Å². The Bertz CT molecular complexity index is 8220. The summed E-state index contributed by atoms with van der Waals surface area (Å²) in [4.78, 5) is 5.09. The van der Waals surface area contributed by atoms with Crippen LogP contribution in [-0.4, -0.2) is 0 Å². The molecule has 21 aromatic carbocycles. The molecule has 2 aliphatic carbocycles. The van der Waals surface area contributed by atoms with Crippen LogP contribution in [0.2, 0.25) is 0 Å². The van der Waals surface area contributed by atoms with Crippen LogP contribution in [0.1, 0.15) is 44.5 Å². The van der Waals surface area contributed by atoms with E-state index in [1.165, 1.54) is 179 Å². The molecule has 598 valence electrons. The third-order valence-electron chi connectivity index (χ3n) is 27.2. The quantitative estimate of drug-likeness (QED) is 0.0951. The van der Waals surface area contributed by atoms with Crippen molar-refractivity contribution in [1.82, 2.24) is 0 Å². The van der Waals surface area contributed by atoms with Gasteiger partial charge in [0.1, 0.15) is 0 Å². The van der Waals surface area contributed by atoms with Crippen LogP contribution in [0.25, 0.3) is 151 Å². The number of hydrogen-bond acceptors (Lipinski definition) is 4. The molecule has 0 saturated carbocycles. The highest BCUT2D eigenvalue weighted by atomic mass is 32.1. The predicted molar refractivity (Wildman–Crippen MR) is 544 cm³/mol. The molecular formula is C124H80N2S2. The molecule has 23 aromatic rings. The first-order valence-electron chi connectivity index (χ1n) is 44.2. The minimum absolute atomic E-state index is 0.574. The summed E-state index contributed by atoms with van der Waals surface area (Å²) < 4.78 is 5.07. The van der Waals surface area contributed by atoms with Gasteiger partial charge < -0.3 is 9.80 Å². The molecule has 0 aliphatic heterocycles. The monoisotopic (exact) mass is 1660 g/mol. The number of hydrogen-bond donors (Lipinski definition) is 0. The molecule has 0 unspecified atom stereocenters. The van der Waals surface area contributed by atoms with Crippen molar-refractivity contribution in [3.8, 4) is 89.0 Å². The zero-order valence-corrected chi connectivity index (χ0v) is 71.5. The van der Waals surface area contributed by atoms with E-state index in [4.69, 9.17) is 0 Å². The van der Waals surface area contributed by atoms with Crippen LogP contribution in [-0.2, 0) is 10.8 Å². The van der Waals surface area contributed by atoms with Crippen LogP contribution in [0.4, 0.5) is 34.1 Å². The Balaban J connectivity index is 0.558. The maximum atomic E-state index is 2.55. The van der Waals surface area contributed by atoms with E-state index in [-0.39, 0.29) is 0 Å². The van der Waals surface area contributed by atoms with Crippen LogP contribution < -0.4 is 9.80 Å². The highest BCUT2D eigenvalue weighted by Gasteiger charge is 2.49. The predicted octanol–water partition coefficient (Wildman–Crippen LogP) is 34.4. The number of nitrogens with zero attached hydrogens (tertiary/aromatic N) is 2. The Hall–Kier alpha value is -15.8. The summed E-state index contributed by atoms with van der Waals surface area (Å²) in [5.74, 6) is 0. The van der Waals surface area contributed by atoms with Crippen LogP contribution in [0, 0.1) is 0 Å². The van der Waals surface area contributed by atoms with Gasteiger partial charge in [-0.3, -0.25) is 0 Å². The van der Waals surface area contributed by atoms with Crippen molar-refractivity contribution in [3.63, 3.8) is 0 Å². The first kappa shape index (κ1) is 74.8. The van der Waals surface area contributed by atoms with Crippen molar-refractivity contribution in [2.45, 2.75) is 10.8 Å². The van der Waals surface area contributed by atoms with Crippen molar-refractivity contribution in [1.29, 1.82) is 0 Å². The first-order chi connectivity index (χ1) is 63.5. The molecule has 0 atom stereocenters. The Morgan fingerprint density at radius 1 is 0.172 bits per heavy atom. The lowest BCUT2D eigenvalue weighted by molar-refractivity contribution is 0.768. The summed E-state index contributed by atoms with van der Waals surface area (Å²) in [5, 5.41) is 9.94. The number of anilines is 6. The van der Waals surface area contributed by atoms with Gasteiger partial charge in [-0.05, 0) is 224 Å². The fourth-order valence-electron chi connectivity index (χ4n) is 21.6. The summed E-state index contributed by atoms with van der Waals surface area (Å²) in [6, 6.07) is 182. The van der Waals surface area contributed by atoms with Gasteiger partial charge in [0.2, 0.25) is 0 Å². The lowest BCUT2D eigenvalue weighted by Crippen LogP contribution is -2.28. The minimum atomic E-state index is -0.582. The largest absolute Gasteiger partial charge is 0.309 e. The van der Waals surface area contributed by atoms with Crippen LogP contribution in [0.3, 0.4) is 0 Å². The van der Waals surface area contributed by atoms with E-state index in [0.29, 0.717) is 0 Å². The molecule has 25 rings (SSSR count). The van der Waals surface area contributed by atoms with Gasteiger partial charge >= 0.3 is 0 Å². The fourth-order valence-corrected chi connectivity index (χ4v) is 23.9. The molecule has 128 heavy (non-hydrogen) atoms. The number of fused-ring (bicyclic) bond motifs is 14. The molecule has 0 spiro atoms. The first-order valence-corrected chi connectivity index (χ1v) is 45.8. The molecule has 0 amide bonds. The van der Waals surface area contributed by atoms with Gasteiger partial charge in [-0.1, -0.05) is 394 Å². The average molecular weight is 1660 g/mol. The Morgan fingerprint density at radius 2 is 0.477 bits per heavy atom. The van der Waals surface area contributed by atoms with Crippen LogP contribution in [0.15, 0.2) is 485 Å². The van der Waals surface area contributed by atoms with Crippen molar-refractivity contribution in [2.24, 2.45) is 0 Å². The van der Waals surface area contributed by atoms with E-state index in [2.05, 4.69) is 495 Å². The van der Waals surface area contributed by atoms with Crippen molar-refractivity contribution in [3.05, 3.63) is 530 Å². The van der Waals surface area contributed by atoms with Gasteiger partial charge in [0.05, 0.1) is 33.6 Å². The third kappa shape index (κ3) is 11.9. The molecule has 2 aromatic heterocycles. The fraction of sp³-hybridized carbons (Fsp3) is 0.0161. The summed E-state index contributed by atoms with van der Waals surface area (Å²) in [7, 11) is 0. The summed E-state index contributed by atoms with van der Waals surface area (Å²) in [6.07, 6.45) is 0. The smallest absolute Gasteiger partial charge is 0.0714 e. The van der Waals surface area contributed by atoms with Gasteiger partial charge in [0.15, 0.2) is 0 Å². The highest BCUT2D eigenvalue weighted by Crippen LogP contribution is 2.63. The minimum Gasteiger partial charge on any atom is -0.309 e. The number of benzene rings is 21. The lowest BCUT2D eigenvalue weighted by Gasteiger charge is -2.34. The standard InChI is InChI=1S/C124H80N2S2/c1-5-31-93(32-6-1)123(94-33-7-2-8-34-94)107-46-20-15-41-103(107)121-109(123)48-27-52-113(121)125(111-50-22-17-39-99(111)101-44-25-55-116-119(101)105-43-19-24-54-115(105)127-116)97-72-67-83(68-73-97)82-57-59-84(60-58-82)89-65-62-86-63-66-90(79-92(86)78-89)91-71-76-106-118(80-91)128-117-56-26-45-102(120(106)117)100-40-18-23-51-112(100)126(98-74-69-85(70-75-98)88-64-61-81-29-13-14-30-87(81)77-88)114-53-28-49-110-122(114)104-42-16-21-47-108(104)124(110,95-35-9-3-10-36-95)96-37-11-4-12-38-96/h1-80H. The van der Waals surface area contributed by atoms with E-state index < -0.39 is 10.8 Å². The van der Waals surface area contributed by atoms with Gasteiger partial charge in [-0.15, -0.1) is 22.7 Å². The summed E-state index contributed by atoms with van der Waals surface area (Å²) in [5.41, 5.74) is 34.5. The molecule has 0 bridgehead atoms. The lowest BCUT2D eigenvalue weighted by atomic mass is 9.68. The van der Waals surface area contributed by atoms with Crippen molar-refractivity contribution in [2.75, 3.05) is 9.80 Å². The summed E-state index contributed by atoms with van der Waals surface area (Å²) in [6.45, 7) is 0. The molecule has 4 heteroatoms. The van der Waals surface area contributed by atoms with Crippen LogP contribution >= 0.6 is 22.7 Å². The second-order valence-electron chi connectivity index (χ2n) is 33.9. The second-order valence-corrected chi connectivity index (χ2v) is 36.1. The van der Waals surface area contributed by atoms with E-state index in [0.717, 1.165) is 50.8 Å². The van der Waals surface area contributed by atoms with E-state index in [1.807, 2.05) is 22.7 Å². The number of thiophene rings is 2. The molecule has 0 saturated heterocycles. The normalized spacial score (nSPS) is 12.8. The SMILES string of the molecule is c1ccc(C2(c3ccccc3)c3ccccc3-c3c(N(c4ccc(-c5ccc(-c6ccc7ccc(-c8ccc9c(c8)sc8cccc(-c%10ccccc%10N(c%10ccc(-c%11ccc%12ccccc%12c%11)cc%10)c%10cccc%11c%10-c%10ccccc%10C%11(c%10ccccc%10)c%10ccccc%10)c89)cc7c6)cc5)cc4)c4ccccc4-c4cccc5sc6ccccc6c45)cccc32)cc1. The van der Waals surface area contributed by atoms with Crippen LogP contribution in [0.5, 0.6) is 0 Å². The molecular weight excluding hydrogens is 1580 g/mol. The molecule has 2 heterocycles. The van der Waals surface area contributed by atoms with E-state index in [1.54, 1.807) is 0 Å².